The highest BCUT2D eigenvalue weighted by atomic mass is 16.2. The predicted octanol–water partition coefficient (Wildman–Crippen LogP) is 2.31. The van der Waals surface area contributed by atoms with Crippen molar-refractivity contribution in [1.29, 1.82) is 0 Å². The van der Waals surface area contributed by atoms with Crippen LogP contribution in [-0.2, 0) is 4.79 Å². The van der Waals surface area contributed by atoms with E-state index in [2.05, 4.69) is 33.8 Å². The SMILES string of the molecule is CC(C)=C[C@@H]1[C@@H](C(=O)N(C)C)C1(C)C. The summed E-state index contributed by atoms with van der Waals surface area (Å²) in [5, 5.41) is 0. The summed E-state index contributed by atoms with van der Waals surface area (Å²) < 4.78 is 0. The van der Waals surface area contributed by atoms with E-state index in [1.54, 1.807) is 4.90 Å². The zero-order valence-electron chi connectivity index (χ0n) is 10.1. The van der Waals surface area contributed by atoms with Crippen LogP contribution in [0.4, 0.5) is 0 Å². The first-order valence-corrected chi connectivity index (χ1v) is 5.14. The first kappa shape index (κ1) is 11.3. The molecule has 1 aliphatic rings. The first-order valence-electron chi connectivity index (χ1n) is 5.14. The summed E-state index contributed by atoms with van der Waals surface area (Å²) in [6.07, 6.45) is 2.23. The number of rotatable bonds is 2. The van der Waals surface area contributed by atoms with Gasteiger partial charge in [0.15, 0.2) is 0 Å². The van der Waals surface area contributed by atoms with Gasteiger partial charge in [-0.3, -0.25) is 4.79 Å². The quantitative estimate of drug-likeness (QED) is 0.619. The van der Waals surface area contributed by atoms with Crippen LogP contribution in [0.3, 0.4) is 0 Å². The Morgan fingerprint density at radius 3 is 2.14 bits per heavy atom. The summed E-state index contributed by atoms with van der Waals surface area (Å²) in [5.41, 5.74) is 1.45. The van der Waals surface area contributed by atoms with Crippen molar-refractivity contribution in [3.8, 4) is 0 Å². The maximum Gasteiger partial charge on any atom is 0.226 e. The van der Waals surface area contributed by atoms with E-state index in [0.29, 0.717) is 5.92 Å². The van der Waals surface area contributed by atoms with Crippen LogP contribution in [0.1, 0.15) is 27.7 Å². The molecule has 2 heteroatoms. The summed E-state index contributed by atoms with van der Waals surface area (Å²) in [6.45, 7) is 8.52. The van der Waals surface area contributed by atoms with Gasteiger partial charge in [-0.05, 0) is 25.2 Å². The number of carbonyl (C=O) groups is 1. The molecule has 0 unspecified atom stereocenters. The van der Waals surface area contributed by atoms with E-state index in [-0.39, 0.29) is 17.2 Å². The second-order valence-electron chi connectivity index (χ2n) is 5.30. The van der Waals surface area contributed by atoms with E-state index >= 15 is 0 Å². The zero-order chi connectivity index (χ0) is 11.1. The van der Waals surface area contributed by atoms with Gasteiger partial charge in [0, 0.05) is 14.1 Å². The molecular weight excluding hydrogens is 174 g/mol. The van der Waals surface area contributed by atoms with Gasteiger partial charge in [-0.2, -0.15) is 0 Å². The van der Waals surface area contributed by atoms with Gasteiger partial charge in [-0.1, -0.05) is 25.5 Å². The lowest BCUT2D eigenvalue weighted by atomic mass is 10.1. The number of allylic oxidation sites excluding steroid dienone is 2. The fraction of sp³-hybridized carbons (Fsp3) is 0.750. The molecule has 80 valence electrons. The third-order valence-corrected chi connectivity index (χ3v) is 3.13. The zero-order valence-corrected chi connectivity index (χ0v) is 10.1. The molecule has 2 atom stereocenters. The average Bonchev–Trinajstić information content (AvgIpc) is 2.50. The second-order valence-corrected chi connectivity index (χ2v) is 5.30. The predicted molar refractivity (Wildman–Crippen MR) is 58.9 cm³/mol. The van der Waals surface area contributed by atoms with Gasteiger partial charge in [0.25, 0.3) is 0 Å². The Balaban J connectivity index is 2.76. The van der Waals surface area contributed by atoms with Crippen molar-refractivity contribution in [3.05, 3.63) is 11.6 Å². The normalized spacial score (nSPS) is 28.1. The second kappa shape index (κ2) is 3.41. The molecule has 14 heavy (non-hydrogen) atoms. The third kappa shape index (κ3) is 1.84. The van der Waals surface area contributed by atoms with Gasteiger partial charge in [0.2, 0.25) is 5.91 Å². The van der Waals surface area contributed by atoms with Gasteiger partial charge >= 0.3 is 0 Å². The molecule has 0 bridgehead atoms. The Hall–Kier alpha value is -0.790. The van der Waals surface area contributed by atoms with Gasteiger partial charge in [0.1, 0.15) is 0 Å². The molecule has 1 aliphatic carbocycles. The lowest BCUT2D eigenvalue weighted by Crippen LogP contribution is -2.25. The Kier molecular flexibility index (Phi) is 2.75. The van der Waals surface area contributed by atoms with E-state index in [1.165, 1.54) is 5.57 Å². The molecule has 0 spiro atoms. The van der Waals surface area contributed by atoms with Crippen LogP contribution in [0.25, 0.3) is 0 Å². The summed E-state index contributed by atoms with van der Waals surface area (Å²) >= 11 is 0. The molecule has 0 saturated heterocycles. The molecule has 0 aromatic rings. The van der Waals surface area contributed by atoms with Gasteiger partial charge < -0.3 is 4.90 Å². The molecule has 1 fully saturated rings. The molecule has 1 rings (SSSR count). The maximum absolute atomic E-state index is 11.8. The fourth-order valence-corrected chi connectivity index (χ4v) is 2.10. The summed E-state index contributed by atoms with van der Waals surface area (Å²) in [7, 11) is 3.66. The monoisotopic (exact) mass is 195 g/mol. The number of hydrogen-bond donors (Lipinski definition) is 0. The minimum atomic E-state index is 0.151. The lowest BCUT2D eigenvalue weighted by molar-refractivity contribution is -0.130. The third-order valence-electron chi connectivity index (χ3n) is 3.13. The van der Waals surface area contributed by atoms with E-state index in [4.69, 9.17) is 0 Å². The molecule has 1 saturated carbocycles. The molecule has 2 nitrogen and oxygen atoms in total. The molecule has 0 N–H and O–H groups in total. The van der Waals surface area contributed by atoms with Crippen molar-refractivity contribution in [2.75, 3.05) is 14.1 Å². The van der Waals surface area contributed by atoms with Gasteiger partial charge in [0.05, 0.1) is 5.92 Å². The molecule has 1 amide bonds. The van der Waals surface area contributed by atoms with Crippen LogP contribution in [-0.4, -0.2) is 24.9 Å². The average molecular weight is 195 g/mol. The van der Waals surface area contributed by atoms with Crippen LogP contribution >= 0.6 is 0 Å². The molecule has 0 radical (unpaired) electrons. The molecule has 0 heterocycles. The van der Waals surface area contributed by atoms with Crippen molar-refractivity contribution < 1.29 is 4.79 Å². The van der Waals surface area contributed by atoms with Crippen LogP contribution in [0, 0.1) is 17.3 Å². The van der Waals surface area contributed by atoms with E-state index in [9.17, 15) is 4.79 Å². The van der Waals surface area contributed by atoms with E-state index in [0.717, 1.165) is 0 Å². The number of hydrogen-bond acceptors (Lipinski definition) is 1. The highest BCUT2D eigenvalue weighted by Gasteiger charge is 2.60. The smallest absolute Gasteiger partial charge is 0.226 e. The van der Waals surface area contributed by atoms with Crippen LogP contribution in [0.5, 0.6) is 0 Å². The molecule has 0 aromatic carbocycles. The van der Waals surface area contributed by atoms with Crippen molar-refractivity contribution in [1.82, 2.24) is 4.90 Å². The Morgan fingerprint density at radius 2 is 1.79 bits per heavy atom. The molecular formula is C12H21NO. The minimum absolute atomic E-state index is 0.151. The molecule has 0 aliphatic heterocycles. The maximum atomic E-state index is 11.8. The van der Waals surface area contributed by atoms with Crippen molar-refractivity contribution in [2.45, 2.75) is 27.7 Å². The van der Waals surface area contributed by atoms with Crippen LogP contribution in [0.15, 0.2) is 11.6 Å². The number of amides is 1. The standard InChI is InChI=1S/C12H21NO/c1-8(2)7-9-10(12(9,3)4)11(14)13(5)6/h7,9-10H,1-6H3/t9-,10+/m1/s1. The largest absolute Gasteiger partial charge is 0.349 e. The highest BCUT2D eigenvalue weighted by Crippen LogP contribution is 2.59. The minimum Gasteiger partial charge on any atom is -0.349 e. The number of nitrogens with zero attached hydrogens (tertiary/aromatic N) is 1. The van der Waals surface area contributed by atoms with Crippen LogP contribution < -0.4 is 0 Å². The van der Waals surface area contributed by atoms with Gasteiger partial charge in [-0.25, -0.2) is 0 Å². The highest BCUT2D eigenvalue weighted by molar-refractivity contribution is 5.83. The van der Waals surface area contributed by atoms with E-state index < -0.39 is 0 Å². The summed E-state index contributed by atoms with van der Waals surface area (Å²) in [6, 6.07) is 0. The van der Waals surface area contributed by atoms with Crippen molar-refractivity contribution in [3.63, 3.8) is 0 Å². The summed E-state index contributed by atoms with van der Waals surface area (Å²) in [4.78, 5) is 13.5. The molecule has 0 aromatic heterocycles. The Bertz CT molecular complexity index is 272. The Morgan fingerprint density at radius 1 is 1.29 bits per heavy atom. The first-order chi connectivity index (χ1) is 6.28. The summed E-state index contributed by atoms with van der Waals surface area (Å²) in [5.74, 6) is 0.882. The van der Waals surface area contributed by atoms with Crippen molar-refractivity contribution >= 4 is 5.91 Å². The van der Waals surface area contributed by atoms with Crippen molar-refractivity contribution in [2.24, 2.45) is 17.3 Å². The lowest BCUT2D eigenvalue weighted by Gasteiger charge is -2.10. The van der Waals surface area contributed by atoms with E-state index in [1.807, 2.05) is 14.1 Å². The van der Waals surface area contributed by atoms with Gasteiger partial charge in [-0.15, -0.1) is 0 Å². The number of carbonyl (C=O) groups excluding carboxylic acids is 1. The fourth-order valence-electron chi connectivity index (χ4n) is 2.10. The topological polar surface area (TPSA) is 20.3 Å². The van der Waals surface area contributed by atoms with Crippen LogP contribution in [0.2, 0.25) is 0 Å². The Labute approximate surface area is 87.0 Å².